The summed E-state index contributed by atoms with van der Waals surface area (Å²) in [5.41, 5.74) is 7.40. The predicted molar refractivity (Wildman–Crippen MR) is 77.4 cm³/mol. The Morgan fingerprint density at radius 1 is 1.58 bits per heavy atom. The van der Waals surface area contributed by atoms with Gasteiger partial charge in [0.05, 0.1) is 12.5 Å². The monoisotopic (exact) mass is 256 g/mol. The van der Waals surface area contributed by atoms with E-state index >= 15 is 0 Å². The number of terminal acetylenes is 1. The van der Waals surface area contributed by atoms with Crippen LogP contribution in [0.2, 0.25) is 0 Å². The molecule has 1 fully saturated rings. The average Bonchev–Trinajstić information content (AvgIpc) is 3.20. The molecule has 0 radical (unpaired) electrons. The first-order chi connectivity index (χ1) is 9.11. The van der Waals surface area contributed by atoms with E-state index < -0.39 is 0 Å². The van der Waals surface area contributed by atoms with Crippen molar-refractivity contribution < 1.29 is 4.79 Å². The van der Waals surface area contributed by atoms with Gasteiger partial charge in [0.2, 0.25) is 5.91 Å². The fourth-order valence-electron chi connectivity index (χ4n) is 2.20. The molecule has 100 valence electrons. The zero-order chi connectivity index (χ0) is 13.8. The molecule has 1 saturated carbocycles. The minimum Gasteiger partial charge on any atom is -0.399 e. The Kier molecular flexibility index (Phi) is 4.11. The Balaban J connectivity index is 2.09. The highest BCUT2D eigenvalue weighted by atomic mass is 16.2. The highest BCUT2D eigenvalue weighted by Gasteiger charge is 2.28. The number of hydrogen-bond donors (Lipinski definition) is 1. The molecule has 2 N–H and O–H groups in total. The van der Waals surface area contributed by atoms with Crippen LogP contribution in [0.15, 0.2) is 24.3 Å². The summed E-state index contributed by atoms with van der Waals surface area (Å²) >= 11 is 0. The van der Waals surface area contributed by atoms with Crippen LogP contribution in [0.3, 0.4) is 0 Å². The maximum atomic E-state index is 12.5. The van der Waals surface area contributed by atoms with Gasteiger partial charge < -0.3 is 10.6 Å². The van der Waals surface area contributed by atoms with Gasteiger partial charge >= 0.3 is 0 Å². The molecule has 1 atom stereocenters. The number of nitrogens with two attached hydrogens (primary N) is 1. The summed E-state index contributed by atoms with van der Waals surface area (Å²) in [6.07, 6.45) is 7.78. The molecule has 0 heterocycles. The lowest BCUT2D eigenvalue weighted by Crippen LogP contribution is -2.36. The number of nitrogens with zero attached hydrogens (tertiary/aromatic N) is 1. The van der Waals surface area contributed by atoms with Gasteiger partial charge in [-0.15, -0.1) is 6.42 Å². The maximum Gasteiger partial charge on any atom is 0.230 e. The SMILES string of the molecule is C#CCN(CC1CC1)C(=O)C(C)c1cccc(N)c1. The van der Waals surface area contributed by atoms with Crippen LogP contribution >= 0.6 is 0 Å². The lowest BCUT2D eigenvalue weighted by atomic mass is 9.99. The second kappa shape index (κ2) is 5.79. The molecule has 1 aliphatic carbocycles. The van der Waals surface area contributed by atoms with Crippen LogP contribution in [0, 0.1) is 18.3 Å². The van der Waals surface area contributed by atoms with Crippen LogP contribution in [-0.4, -0.2) is 23.9 Å². The van der Waals surface area contributed by atoms with E-state index in [0.29, 0.717) is 18.2 Å². The third-order valence-electron chi connectivity index (χ3n) is 3.55. The largest absolute Gasteiger partial charge is 0.399 e. The predicted octanol–water partition coefficient (Wildman–Crippen LogP) is 2.24. The van der Waals surface area contributed by atoms with Gasteiger partial charge in [-0.2, -0.15) is 0 Å². The van der Waals surface area contributed by atoms with Crippen molar-refractivity contribution in [3.63, 3.8) is 0 Å². The first-order valence-corrected chi connectivity index (χ1v) is 6.69. The lowest BCUT2D eigenvalue weighted by molar-refractivity contribution is -0.132. The number of nitrogen functional groups attached to an aromatic ring is 1. The second-order valence-electron chi connectivity index (χ2n) is 5.26. The molecule has 0 saturated heterocycles. The second-order valence-corrected chi connectivity index (χ2v) is 5.26. The molecule has 19 heavy (non-hydrogen) atoms. The van der Waals surface area contributed by atoms with Crippen molar-refractivity contribution in [1.29, 1.82) is 0 Å². The maximum absolute atomic E-state index is 12.5. The van der Waals surface area contributed by atoms with Gasteiger partial charge in [-0.3, -0.25) is 4.79 Å². The molecular formula is C16H20N2O. The molecule has 0 bridgehead atoms. The third kappa shape index (κ3) is 3.51. The van der Waals surface area contributed by atoms with Crippen molar-refractivity contribution in [2.24, 2.45) is 5.92 Å². The fraction of sp³-hybridized carbons (Fsp3) is 0.438. The molecular weight excluding hydrogens is 236 g/mol. The fourth-order valence-corrected chi connectivity index (χ4v) is 2.20. The van der Waals surface area contributed by atoms with E-state index in [1.54, 1.807) is 4.90 Å². The molecule has 0 aliphatic heterocycles. The summed E-state index contributed by atoms with van der Waals surface area (Å²) in [4.78, 5) is 14.3. The number of carbonyl (C=O) groups excluding carboxylic acids is 1. The Hall–Kier alpha value is -1.95. The summed E-state index contributed by atoms with van der Waals surface area (Å²) < 4.78 is 0. The summed E-state index contributed by atoms with van der Waals surface area (Å²) in [6, 6.07) is 7.49. The van der Waals surface area contributed by atoms with Crippen LogP contribution in [0.1, 0.15) is 31.2 Å². The van der Waals surface area contributed by atoms with E-state index in [4.69, 9.17) is 12.2 Å². The minimum absolute atomic E-state index is 0.0930. The Bertz CT molecular complexity index is 500. The standard InChI is InChI=1S/C16H20N2O/c1-3-9-18(11-13-7-8-13)16(19)12(2)14-5-4-6-15(17)10-14/h1,4-6,10,12-13H,7-9,11,17H2,2H3. The molecule has 2 rings (SSSR count). The molecule has 3 heteroatoms. The normalized spacial score (nSPS) is 15.6. The summed E-state index contributed by atoms with van der Waals surface area (Å²) in [5, 5.41) is 0. The highest BCUT2D eigenvalue weighted by Crippen LogP contribution is 2.30. The van der Waals surface area contributed by atoms with E-state index in [1.807, 2.05) is 31.2 Å². The van der Waals surface area contributed by atoms with Crippen LogP contribution in [0.4, 0.5) is 5.69 Å². The molecule has 1 unspecified atom stereocenters. The zero-order valence-electron chi connectivity index (χ0n) is 11.3. The van der Waals surface area contributed by atoms with Gasteiger partial charge in [0, 0.05) is 12.2 Å². The zero-order valence-corrected chi connectivity index (χ0v) is 11.3. The smallest absolute Gasteiger partial charge is 0.230 e. The molecule has 1 aliphatic rings. The minimum atomic E-state index is -0.199. The van der Waals surface area contributed by atoms with Gasteiger partial charge in [0.15, 0.2) is 0 Å². The molecule has 1 aromatic rings. The molecule has 0 aromatic heterocycles. The van der Waals surface area contributed by atoms with E-state index in [1.165, 1.54) is 12.8 Å². The highest BCUT2D eigenvalue weighted by molar-refractivity contribution is 5.83. The van der Waals surface area contributed by atoms with Gasteiger partial charge in [0.25, 0.3) is 0 Å². The van der Waals surface area contributed by atoms with Crippen molar-refractivity contribution in [2.75, 3.05) is 18.8 Å². The van der Waals surface area contributed by atoms with Crippen LogP contribution < -0.4 is 5.73 Å². The first-order valence-electron chi connectivity index (χ1n) is 6.69. The summed E-state index contributed by atoms with van der Waals surface area (Å²) in [6.45, 7) is 3.09. The van der Waals surface area contributed by atoms with Gasteiger partial charge in [-0.1, -0.05) is 18.1 Å². The van der Waals surface area contributed by atoms with Crippen LogP contribution in [-0.2, 0) is 4.79 Å². The van der Waals surface area contributed by atoms with E-state index in [0.717, 1.165) is 12.1 Å². The van der Waals surface area contributed by atoms with Crippen LogP contribution in [0.5, 0.6) is 0 Å². The van der Waals surface area contributed by atoms with Crippen molar-refractivity contribution >= 4 is 11.6 Å². The Morgan fingerprint density at radius 3 is 2.89 bits per heavy atom. The topological polar surface area (TPSA) is 46.3 Å². The number of amides is 1. The summed E-state index contributed by atoms with van der Waals surface area (Å²) in [5.74, 6) is 3.12. The third-order valence-corrected chi connectivity index (χ3v) is 3.55. The molecule has 1 amide bonds. The number of rotatable bonds is 5. The van der Waals surface area contributed by atoms with Crippen molar-refractivity contribution in [1.82, 2.24) is 4.90 Å². The van der Waals surface area contributed by atoms with E-state index in [2.05, 4.69) is 5.92 Å². The van der Waals surface area contributed by atoms with Crippen molar-refractivity contribution in [3.05, 3.63) is 29.8 Å². The van der Waals surface area contributed by atoms with Crippen molar-refractivity contribution in [3.8, 4) is 12.3 Å². The van der Waals surface area contributed by atoms with Gasteiger partial charge in [-0.05, 0) is 43.4 Å². The van der Waals surface area contributed by atoms with E-state index in [-0.39, 0.29) is 11.8 Å². The number of carbonyl (C=O) groups is 1. The molecule has 1 aromatic carbocycles. The Labute approximate surface area is 114 Å². The van der Waals surface area contributed by atoms with Gasteiger partial charge in [0.1, 0.15) is 0 Å². The quantitative estimate of drug-likeness (QED) is 0.648. The average molecular weight is 256 g/mol. The van der Waals surface area contributed by atoms with Gasteiger partial charge in [-0.25, -0.2) is 0 Å². The van der Waals surface area contributed by atoms with E-state index in [9.17, 15) is 4.79 Å². The number of anilines is 1. The molecule has 0 spiro atoms. The number of benzene rings is 1. The van der Waals surface area contributed by atoms with Crippen LogP contribution in [0.25, 0.3) is 0 Å². The number of hydrogen-bond acceptors (Lipinski definition) is 2. The van der Waals surface area contributed by atoms with Crippen molar-refractivity contribution in [2.45, 2.75) is 25.7 Å². The molecule has 3 nitrogen and oxygen atoms in total. The Morgan fingerprint density at radius 2 is 2.32 bits per heavy atom. The summed E-state index contributed by atoms with van der Waals surface area (Å²) in [7, 11) is 0. The lowest BCUT2D eigenvalue weighted by Gasteiger charge is -2.24. The first kappa shape index (κ1) is 13.5.